The van der Waals surface area contributed by atoms with Gasteiger partial charge in [-0.15, -0.1) is 0 Å². The van der Waals surface area contributed by atoms with E-state index in [1.165, 1.54) is 4.68 Å². The highest BCUT2D eigenvalue weighted by molar-refractivity contribution is 6.03. The monoisotopic (exact) mass is 451 g/mol. The van der Waals surface area contributed by atoms with Crippen LogP contribution in [-0.2, 0) is 11.3 Å². The van der Waals surface area contributed by atoms with Crippen molar-refractivity contribution in [3.63, 3.8) is 0 Å². The van der Waals surface area contributed by atoms with Gasteiger partial charge in [0.25, 0.3) is 11.8 Å². The van der Waals surface area contributed by atoms with Gasteiger partial charge in [0.2, 0.25) is 0 Å². The van der Waals surface area contributed by atoms with E-state index in [0.29, 0.717) is 36.4 Å². The molecule has 33 heavy (non-hydrogen) atoms. The summed E-state index contributed by atoms with van der Waals surface area (Å²) in [5.74, 6) is -0.843. The Morgan fingerprint density at radius 2 is 1.94 bits per heavy atom. The molecule has 9 heteroatoms. The fourth-order valence-electron chi connectivity index (χ4n) is 4.00. The van der Waals surface area contributed by atoms with Crippen LogP contribution in [0, 0.1) is 6.92 Å². The van der Waals surface area contributed by atoms with Crippen molar-refractivity contribution < 1.29 is 18.7 Å². The molecule has 0 radical (unpaired) electrons. The highest BCUT2D eigenvalue weighted by Gasteiger charge is 2.32. The number of primary amides is 1. The van der Waals surface area contributed by atoms with Gasteiger partial charge in [-0.2, -0.15) is 5.10 Å². The van der Waals surface area contributed by atoms with E-state index in [4.69, 9.17) is 16.2 Å². The lowest BCUT2D eigenvalue weighted by Gasteiger charge is -2.27. The predicted octanol–water partition coefficient (Wildman–Crippen LogP) is 2.77. The molecule has 3 aromatic rings. The van der Waals surface area contributed by atoms with Crippen LogP contribution in [0.5, 0.6) is 0 Å². The summed E-state index contributed by atoms with van der Waals surface area (Å²) in [6.45, 7) is 2.55. The number of halogens is 1. The summed E-state index contributed by atoms with van der Waals surface area (Å²) in [5.41, 5.74) is 15.1. The Labute approximate surface area is 190 Å². The van der Waals surface area contributed by atoms with Gasteiger partial charge in [0.1, 0.15) is 23.2 Å². The van der Waals surface area contributed by atoms with Crippen molar-refractivity contribution >= 4 is 17.6 Å². The van der Waals surface area contributed by atoms with E-state index in [1.54, 1.807) is 18.2 Å². The van der Waals surface area contributed by atoms with Crippen LogP contribution in [0.15, 0.2) is 48.5 Å². The van der Waals surface area contributed by atoms with Gasteiger partial charge >= 0.3 is 0 Å². The number of aromatic nitrogens is 2. The summed E-state index contributed by atoms with van der Waals surface area (Å²) in [5, 5.41) is 7.35. The fourth-order valence-corrected chi connectivity index (χ4v) is 4.00. The number of amides is 2. The second-order valence-electron chi connectivity index (χ2n) is 8.06. The molecule has 2 atom stereocenters. The van der Waals surface area contributed by atoms with Gasteiger partial charge in [0.15, 0.2) is 0 Å². The van der Waals surface area contributed by atoms with Crippen molar-refractivity contribution in [2.75, 3.05) is 18.9 Å². The highest BCUT2D eigenvalue weighted by Crippen LogP contribution is 2.33. The first kappa shape index (κ1) is 22.5. The number of carbonyl (C=O) groups is 2. The maximum Gasteiger partial charge on any atom is 0.254 e. The van der Waals surface area contributed by atoms with Crippen LogP contribution < -0.4 is 16.8 Å². The number of nitrogens with two attached hydrogens (primary N) is 2. The molecule has 0 spiro atoms. The molecular formula is C24H26FN5O3. The normalized spacial score (nSPS) is 18.1. The summed E-state index contributed by atoms with van der Waals surface area (Å²) in [6, 6.07) is 13.9. The molecule has 4 rings (SSSR count). The molecule has 1 aliphatic heterocycles. The van der Waals surface area contributed by atoms with E-state index in [2.05, 4.69) is 10.4 Å². The van der Waals surface area contributed by atoms with Crippen molar-refractivity contribution in [3.05, 3.63) is 70.8 Å². The Morgan fingerprint density at radius 1 is 1.21 bits per heavy atom. The van der Waals surface area contributed by atoms with Gasteiger partial charge < -0.3 is 21.5 Å². The average Bonchev–Trinajstić information content (AvgIpc) is 3.15. The quantitative estimate of drug-likeness (QED) is 0.531. The Bertz CT molecular complexity index is 1180. The second kappa shape index (κ2) is 9.41. The molecule has 0 aliphatic carbocycles. The van der Waals surface area contributed by atoms with Crippen LogP contribution in [0.1, 0.15) is 44.3 Å². The topological polar surface area (TPSA) is 125 Å². The Kier molecular flexibility index (Phi) is 6.41. The summed E-state index contributed by atoms with van der Waals surface area (Å²) < 4.78 is 20.9. The molecular weight excluding hydrogens is 425 g/mol. The SMILES string of the molecule is Cc1ccccc1C(=O)NCc1ccc(-c2nn([C@@H]3CCOC[C@@H]3F)c(N)c2C(N)=O)cc1. The third kappa shape index (κ3) is 4.58. The zero-order chi connectivity index (χ0) is 23.5. The van der Waals surface area contributed by atoms with Crippen molar-refractivity contribution in [1.82, 2.24) is 15.1 Å². The molecule has 2 heterocycles. The molecule has 0 saturated carbocycles. The molecule has 1 aromatic heterocycles. The second-order valence-corrected chi connectivity index (χ2v) is 8.06. The van der Waals surface area contributed by atoms with E-state index >= 15 is 0 Å². The molecule has 0 bridgehead atoms. The maximum absolute atomic E-state index is 14.4. The largest absolute Gasteiger partial charge is 0.383 e. The molecule has 1 saturated heterocycles. The zero-order valence-electron chi connectivity index (χ0n) is 18.3. The number of benzene rings is 2. The molecule has 2 aromatic carbocycles. The van der Waals surface area contributed by atoms with Crippen LogP contribution >= 0.6 is 0 Å². The minimum Gasteiger partial charge on any atom is -0.383 e. The van der Waals surface area contributed by atoms with Crippen molar-refractivity contribution in [2.24, 2.45) is 5.73 Å². The number of rotatable bonds is 6. The molecule has 2 amide bonds. The molecule has 1 fully saturated rings. The van der Waals surface area contributed by atoms with Crippen LogP contribution in [0.3, 0.4) is 0 Å². The van der Waals surface area contributed by atoms with Crippen molar-refractivity contribution in [3.8, 4) is 11.3 Å². The number of ether oxygens (including phenoxy) is 1. The lowest BCUT2D eigenvalue weighted by Crippen LogP contribution is -2.32. The summed E-state index contributed by atoms with van der Waals surface area (Å²) >= 11 is 0. The number of anilines is 1. The maximum atomic E-state index is 14.4. The highest BCUT2D eigenvalue weighted by atomic mass is 19.1. The number of hydrogen-bond acceptors (Lipinski definition) is 5. The first-order chi connectivity index (χ1) is 15.9. The predicted molar refractivity (Wildman–Crippen MR) is 122 cm³/mol. The standard InChI is InChI=1S/C24H26FN5O3/c1-14-4-2-3-5-17(14)24(32)28-12-15-6-8-16(9-7-15)21-20(23(27)31)22(26)30(29-21)19-10-11-33-13-18(19)25/h2-9,18-19H,10-13,26H2,1H3,(H2,27,31)(H,28,32)/t18-,19+/m0/s1. The molecule has 0 unspecified atom stereocenters. The smallest absolute Gasteiger partial charge is 0.254 e. The Balaban J connectivity index is 1.55. The van der Waals surface area contributed by atoms with E-state index in [0.717, 1.165) is 11.1 Å². The third-order valence-electron chi connectivity index (χ3n) is 5.83. The number of hydrogen-bond donors (Lipinski definition) is 3. The molecule has 8 nitrogen and oxygen atoms in total. The van der Waals surface area contributed by atoms with Crippen LogP contribution in [0.4, 0.5) is 10.2 Å². The first-order valence-electron chi connectivity index (χ1n) is 10.7. The Hall–Kier alpha value is -3.72. The van der Waals surface area contributed by atoms with E-state index < -0.39 is 18.1 Å². The molecule has 1 aliphatic rings. The van der Waals surface area contributed by atoms with E-state index in [1.807, 2.05) is 37.3 Å². The van der Waals surface area contributed by atoms with Gasteiger partial charge in [0, 0.05) is 24.3 Å². The fraction of sp³-hybridized carbons (Fsp3) is 0.292. The number of alkyl halides is 1. The van der Waals surface area contributed by atoms with Gasteiger partial charge in [0.05, 0.1) is 12.6 Å². The van der Waals surface area contributed by atoms with Crippen molar-refractivity contribution in [2.45, 2.75) is 32.1 Å². The lowest BCUT2D eigenvalue weighted by molar-refractivity contribution is 0.000592. The number of nitrogen functional groups attached to an aromatic ring is 1. The third-order valence-corrected chi connectivity index (χ3v) is 5.83. The summed E-state index contributed by atoms with van der Waals surface area (Å²) in [7, 11) is 0. The number of carbonyl (C=O) groups excluding carboxylic acids is 2. The average molecular weight is 452 g/mol. The van der Waals surface area contributed by atoms with Gasteiger partial charge in [-0.3, -0.25) is 9.59 Å². The van der Waals surface area contributed by atoms with E-state index in [-0.39, 0.29) is 23.9 Å². The van der Waals surface area contributed by atoms with Gasteiger partial charge in [-0.1, -0.05) is 42.5 Å². The van der Waals surface area contributed by atoms with Crippen molar-refractivity contribution in [1.29, 1.82) is 0 Å². The number of nitrogens with one attached hydrogen (secondary N) is 1. The minimum atomic E-state index is -1.28. The van der Waals surface area contributed by atoms with E-state index in [9.17, 15) is 14.0 Å². The lowest BCUT2D eigenvalue weighted by atomic mass is 10.0. The first-order valence-corrected chi connectivity index (χ1v) is 10.7. The molecule has 172 valence electrons. The van der Waals surface area contributed by atoms with Crippen LogP contribution in [-0.4, -0.2) is 41.0 Å². The Morgan fingerprint density at radius 3 is 2.61 bits per heavy atom. The summed E-state index contributed by atoms with van der Waals surface area (Å²) in [6.07, 6.45) is -0.890. The number of aryl methyl sites for hydroxylation is 1. The van der Waals surface area contributed by atoms with Crippen LogP contribution in [0.25, 0.3) is 11.3 Å². The molecule has 5 N–H and O–H groups in total. The van der Waals surface area contributed by atoms with Crippen LogP contribution in [0.2, 0.25) is 0 Å². The summed E-state index contributed by atoms with van der Waals surface area (Å²) in [4.78, 5) is 24.6. The van der Waals surface area contributed by atoms with Gasteiger partial charge in [-0.05, 0) is 30.5 Å². The van der Waals surface area contributed by atoms with Gasteiger partial charge in [-0.25, -0.2) is 9.07 Å². The zero-order valence-corrected chi connectivity index (χ0v) is 18.3. The minimum absolute atomic E-state index is 0.0432. The number of nitrogens with zero attached hydrogens (tertiary/aromatic N) is 2.